The monoisotopic (exact) mass is 271 g/mol. The van der Waals surface area contributed by atoms with E-state index < -0.39 is 0 Å². The van der Waals surface area contributed by atoms with Crippen LogP contribution in [-0.2, 0) is 4.79 Å². The summed E-state index contributed by atoms with van der Waals surface area (Å²) in [4.78, 5) is 14.4. The minimum atomic E-state index is 0.125. The van der Waals surface area contributed by atoms with Crippen LogP contribution in [0, 0.1) is 0 Å². The lowest BCUT2D eigenvalue weighted by Crippen LogP contribution is -2.39. The number of anilines is 1. The van der Waals surface area contributed by atoms with Crippen molar-refractivity contribution in [2.75, 3.05) is 12.0 Å². The predicted molar refractivity (Wildman–Crippen MR) is 80.7 cm³/mol. The maximum absolute atomic E-state index is 12.4. The molecule has 4 nitrogen and oxygen atoms in total. The smallest absolute Gasteiger partial charge is 0.270 e. The molecular formula is C16H21N3O. The molecule has 2 fully saturated rings. The van der Waals surface area contributed by atoms with Gasteiger partial charge in [0.2, 0.25) is 0 Å². The van der Waals surface area contributed by atoms with Crippen LogP contribution in [0.15, 0.2) is 35.4 Å². The van der Waals surface area contributed by atoms with Gasteiger partial charge in [0, 0.05) is 19.0 Å². The van der Waals surface area contributed by atoms with E-state index in [0.29, 0.717) is 11.8 Å². The molecule has 106 valence electrons. The molecule has 0 radical (unpaired) electrons. The predicted octanol–water partition coefficient (Wildman–Crippen LogP) is 3.02. The fourth-order valence-electron chi connectivity index (χ4n) is 3.09. The molecule has 1 aromatic rings. The molecule has 4 heteroatoms. The lowest BCUT2D eigenvalue weighted by molar-refractivity contribution is -0.125. The van der Waals surface area contributed by atoms with Crippen molar-refractivity contribution in [3.63, 3.8) is 0 Å². The normalized spacial score (nSPS) is 22.5. The Balaban J connectivity index is 1.63. The average Bonchev–Trinajstić information content (AvgIpc) is 2.88. The van der Waals surface area contributed by atoms with Crippen LogP contribution < -0.4 is 5.43 Å². The third-order valence-corrected chi connectivity index (χ3v) is 4.21. The van der Waals surface area contributed by atoms with E-state index in [0.717, 1.165) is 31.5 Å². The number of carbonyl (C=O) groups is 1. The number of amides is 1. The average molecular weight is 271 g/mol. The van der Waals surface area contributed by atoms with Crippen molar-refractivity contribution < 1.29 is 4.79 Å². The van der Waals surface area contributed by atoms with E-state index in [1.165, 1.54) is 19.3 Å². The lowest BCUT2D eigenvalue weighted by Gasteiger charge is -2.30. The first-order chi connectivity index (χ1) is 9.84. The Morgan fingerprint density at radius 2 is 1.85 bits per heavy atom. The molecule has 0 bridgehead atoms. The van der Waals surface area contributed by atoms with E-state index in [-0.39, 0.29) is 5.91 Å². The highest BCUT2D eigenvalue weighted by Crippen LogP contribution is 2.25. The van der Waals surface area contributed by atoms with Crippen molar-refractivity contribution in [3.8, 4) is 0 Å². The van der Waals surface area contributed by atoms with Gasteiger partial charge < -0.3 is 4.90 Å². The second kappa shape index (κ2) is 6.07. The van der Waals surface area contributed by atoms with Gasteiger partial charge in [-0.1, -0.05) is 37.5 Å². The van der Waals surface area contributed by atoms with Gasteiger partial charge in [0.15, 0.2) is 0 Å². The number of hydrazone groups is 1. The van der Waals surface area contributed by atoms with Gasteiger partial charge in [0.25, 0.3) is 5.91 Å². The van der Waals surface area contributed by atoms with Gasteiger partial charge in [0.05, 0.1) is 5.69 Å². The van der Waals surface area contributed by atoms with Gasteiger partial charge in [-0.3, -0.25) is 10.2 Å². The van der Waals surface area contributed by atoms with Gasteiger partial charge >= 0.3 is 0 Å². The van der Waals surface area contributed by atoms with Gasteiger partial charge in [-0.25, -0.2) is 0 Å². The zero-order chi connectivity index (χ0) is 13.8. The van der Waals surface area contributed by atoms with Crippen molar-refractivity contribution in [1.82, 2.24) is 4.90 Å². The number of rotatable bonds is 3. The zero-order valence-electron chi connectivity index (χ0n) is 11.7. The number of likely N-dealkylation sites (tertiary alicyclic amines) is 1. The zero-order valence-corrected chi connectivity index (χ0v) is 11.7. The maximum Gasteiger partial charge on any atom is 0.270 e. The van der Waals surface area contributed by atoms with Crippen LogP contribution in [0.2, 0.25) is 0 Å². The summed E-state index contributed by atoms with van der Waals surface area (Å²) in [5, 5.41) is 4.29. The number of hydrogen-bond donors (Lipinski definition) is 1. The summed E-state index contributed by atoms with van der Waals surface area (Å²) >= 11 is 0. The van der Waals surface area contributed by atoms with Crippen LogP contribution in [-0.4, -0.2) is 29.1 Å². The second-order valence-electron chi connectivity index (χ2n) is 5.58. The summed E-state index contributed by atoms with van der Waals surface area (Å²) in [7, 11) is 0. The lowest BCUT2D eigenvalue weighted by atomic mass is 9.94. The molecule has 1 N–H and O–H groups in total. The van der Waals surface area contributed by atoms with Crippen LogP contribution in [0.25, 0.3) is 0 Å². The van der Waals surface area contributed by atoms with Crippen LogP contribution in [0.4, 0.5) is 5.69 Å². The van der Waals surface area contributed by atoms with Gasteiger partial charge in [-0.15, -0.1) is 0 Å². The fourth-order valence-corrected chi connectivity index (χ4v) is 3.09. The molecule has 1 heterocycles. The van der Waals surface area contributed by atoms with Gasteiger partial charge in [0.1, 0.15) is 5.71 Å². The number of benzene rings is 1. The number of nitrogens with zero attached hydrogens (tertiary/aromatic N) is 2. The summed E-state index contributed by atoms with van der Waals surface area (Å²) in [5.41, 5.74) is 4.57. The van der Waals surface area contributed by atoms with E-state index in [1.807, 2.05) is 35.2 Å². The number of nitrogens with one attached hydrogen (secondary N) is 1. The van der Waals surface area contributed by atoms with E-state index in [4.69, 9.17) is 0 Å². The summed E-state index contributed by atoms with van der Waals surface area (Å²) in [6, 6.07) is 10.2. The van der Waals surface area contributed by atoms with Crippen molar-refractivity contribution in [1.29, 1.82) is 0 Å². The third kappa shape index (κ3) is 2.84. The molecule has 2 aliphatic rings. The Labute approximate surface area is 119 Å². The number of para-hydroxylation sites is 1. The van der Waals surface area contributed by atoms with Crippen molar-refractivity contribution >= 4 is 17.3 Å². The summed E-state index contributed by atoms with van der Waals surface area (Å²) in [6.07, 6.45) is 6.90. The van der Waals surface area contributed by atoms with Crippen LogP contribution in [0.3, 0.4) is 0 Å². The molecular weight excluding hydrogens is 250 g/mol. The molecule has 0 atom stereocenters. The highest BCUT2D eigenvalue weighted by molar-refractivity contribution is 6.40. The quantitative estimate of drug-likeness (QED) is 0.859. The first kappa shape index (κ1) is 13.2. The van der Waals surface area contributed by atoms with E-state index in [2.05, 4.69) is 10.5 Å². The summed E-state index contributed by atoms with van der Waals surface area (Å²) in [5.74, 6) is 0.125. The largest absolute Gasteiger partial charge is 0.334 e. The first-order valence-electron chi connectivity index (χ1n) is 7.53. The Kier molecular flexibility index (Phi) is 4.00. The number of carbonyl (C=O) groups excluding carboxylic acids is 1. The minimum Gasteiger partial charge on any atom is -0.334 e. The van der Waals surface area contributed by atoms with Crippen LogP contribution in [0.1, 0.15) is 38.5 Å². The maximum atomic E-state index is 12.4. The molecule has 1 amide bonds. The Morgan fingerprint density at radius 3 is 2.60 bits per heavy atom. The summed E-state index contributed by atoms with van der Waals surface area (Å²) in [6.45, 7) is 0.832. The van der Waals surface area contributed by atoms with Gasteiger partial charge in [-0.2, -0.15) is 5.10 Å². The molecule has 1 saturated carbocycles. The fraction of sp³-hybridized carbons (Fsp3) is 0.500. The molecule has 0 unspecified atom stereocenters. The molecule has 20 heavy (non-hydrogen) atoms. The molecule has 1 aliphatic heterocycles. The highest BCUT2D eigenvalue weighted by Gasteiger charge is 2.33. The SMILES string of the molecule is O=C1/C(=N\Nc2ccccc2)CCN1C1CCCCC1. The van der Waals surface area contributed by atoms with Crippen molar-refractivity contribution in [2.45, 2.75) is 44.6 Å². The molecule has 0 spiro atoms. The highest BCUT2D eigenvalue weighted by atomic mass is 16.2. The molecule has 1 aromatic carbocycles. The van der Waals surface area contributed by atoms with E-state index in [9.17, 15) is 4.79 Å². The molecule has 1 aliphatic carbocycles. The molecule has 1 saturated heterocycles. The number of hydrogen-bond acceptors (Lipinski definition) is 3. The van der Waals surface area contributed by atoms with E-state index >= 15 is 0 Å². The molecule has 0 aromatic heterocycles. The van der Waals surface area contributed by atoms with E-state index in [1.54, 1.807) is 0 Å². The second-order valence-corrected chi connectivity index (χ2v) is 5.58. The summed E-state index contributed by atoms with van der Waals surface area (Å²) < 4.78 is 0. The molecule has 3 rings (SSSR count). The standard InChI is InChI=1S/C16H21N3O/c20-16-15(18-17-13-7-3-1-4-8-13)11-12-19(16)14-9-5-2-6-10-14/h1,3-4,7-8,14,17H,2,5-6,9-12H2/b18-15-. The van der Waals surface area contributed by atoms with Crippen molar-refractivity contribution in [2.24, 2.45) is 5.10 Å². The Bertz CT molecular complexity index is 492. The van der Waals surface area contributed by atoms with Crippen LogP contribution >= 0.6 is 0 Å². The Hall–Kier alpha value is -1.84. The van der Waals surface area contributed by atoms with Crippen LogP contribution in [0.5, 0.6) is 0 Å². The van der Waals surface area contributed by atoms with Gasteiger partial charge in [-0.05, 0) is 25.0 Å². The topological polar surface area (TPSA) is 44.7 Å². The minimum absolute atomic E-state index is 0.125. The first-order valence-corrected chi connectivity index (χ1v) is 7.53. The van der Waals surface area contributed by atoms with Crippen molar-refractivity contribution in [3.05, 3.63) is 30.3 Å². The third-order valence-electron chi connectivity index (χ3n) is 4.21. The Morgan fingerprint density at radius 1 is 1.10 bits per heavy atom.